The number of carboxylic acid groups (broad SMARTS) is 1. The predicted octanol–water partition coefficient (Wildman–Crippen LogP) is 7.86. The molecule has 4 aromatic carbocycles. The van der Waals surface area contributed by atoms with E-state index in [1.54, 1.807) is 54.8 Å². The molecule has 0 radical (unpaired) electrons. The Bertz CT molecular complexity index is 2200. The number of hydrogen-bond acceptors (Lipinski definition) is 7. The number of fused-ring (bicyclic) bond motifs is 2. The summed E-state index contributed by atoms with van der Waals surface area (Å²) in [4.78, 5) is 30.0. The number of aromatic nitrogens is 2. The molecule has 0 aliphatic carbocycles. The minimum atomic E-state index is -1.01. The summed E-state index contributed by atoms with van der Waals surface area (Å²) in [6, 6.07) is 24.8. The van der Waals surface area contributed by atoms with Crippen LogP contribution in [0.5, 0.6) is 11.5 Å². The molecular weight excluding hydrogens is 650 g/mol. The highest BCUT2D eigenvalue weighted by molar-refractivity contribution is 9.10. The highest BCUT2D eigenvalue weighted by atomic mass is 79.9. The average Bonchev–Trinajstić information content (AvgIpc) is 3.47. The zero-order chi connectivity index (χ0) is 32.2. The van der Waals surface area contributed by atoms with Gasteiger partial charge < -0.3 is 19.0 Å². The molecule has 230 valence electrons. The summed E-state index contributed by atoms with van der Waals surface area (Å²) in [7, 11) is 0. The molecule has 6 aromatic rings. The van der Waals surface area contributed by atoms with E-state index < -0.39 is 5.97 Å². The Morgan fingerprint density at radius 1 is 1.07 bits per heavy atom. The smallest absolute Gasteiger partial charge is 0.335 e. The van der Waals surface area contributed by atoms with Gasteiger partial charge in [0.1, 0.15) is 12.2 Å². The molecule has 0 bridgehead atoms. The summed E-state index contributed by atoms with van der Waals surface area (Å²) in [5.74, 6) is 0.631. The SMILES string of the molecule is C=CCc1cc(C=Nn2c(-c3cc4cc(Br)ccc4o3)nc3ccccc3c2=O)cc(OCC)c1OCc1cccc(C(=O)O)c1. The van der Waals surface area contributed by atoms with Crippen molar-refractivity contribution in [2.24, 2.45) is 5.10 Å². The Kier molecular flexibility index (Phi) is 8.80. The molecule has 0 fully saturated rings. The van der Waals surface area contributed by atoms with Crippen LogP contribution in [0, 0.1) is 0 Å². The van der Waals surface area contributed by atoms with E-state index in [0.29, 0.717) is 57.9 Å². The number of hydrogen-bond donors (Lipinski definition) is 1. The van der Waals surface area contributed by atoms with E-state index in [9.17, 15) is 14.7 Å². The predicted molar refractivity (Wildman–Crippen MR) is 181 cm³/mol. The van der Waals surface area contributed by atoms with Crippen molar-refractivity contribution in [2.45, 2.75) is 20.0 Å². The number of carbonyl (C=O) groups is 1. The second-order valence-electron chi connectivity index (χ2n) is 10.3. The molecule has 0 unspecified atom stereocenters. The Hall–Kier alpha value is -5.48. The fourth-order valence-electron chi connectivity index (χ4n) is 5.08. The van der Waals surface area contributed by atoms with Crippen molar-refractivity contribution < 1.29 is 23.8 Å². The summed E-state index contributed by atoms with van der Waals surface area (Å²) in [5, 5.41) is 15.2. The van der Waals surface area contributed by atoms with Gasteiger partial charge in [0.2, 0.25) is 5.82 Å². The molecule has 1 N–H and O–H groups in total. The lowest BCUT2D eigenvalue weighted by atomic mass is 10.1. The maximum absolute atomic E-state index is 13.8. The third kappa shape index (κ3) is 6.33. The summed E-state index contributed by atoms with van der Waals surface area (Å²) in [6.45, 7) is 6.27. The number of para-hydroxylation sites is 1. The number of benzene rings is 4. The zero-order valence-corrected chi connectivity index (χ0v) is 26.4. The molecule has 46 heavy (non-hydrogen) atoms. The van der Waals surface area contributed by atoms with E-state index in [0.717, 1.165) is 15.4 Å². The van der Waals surface area contributed by atoms with Crippen molar-refractivity contribution in [2.75, 3.05) is 6.61 Å². The first-order chi connectivity index (χ1) is 22.3. The van der Waals surface area contributed by atoms with Crippen LogP contribution < -0.4 is 15.0 Å². The first-order valence-electron chi connectivity index (χ1n) is 14.5. The first-order valence-corrected chi connectivity index (χ1v) is 15.2. The van der Waals surface area contributed by atoms with Gasteiger partial charge in [-0.2, -0.15) is 9.78 Å². The Morgan fingerprint density at radius 2 is 1.91 bits per heavy atom. The van der Waals surface area contributed by atoms with Gasteiger partial charge in [-0.15, -0.1) is 6.58 Å². The summed E-state index contributed by atoms with van der Waals surface area (Å²) < 4.78 is 20.4. The third-order valence-electron chi connectivity index (χ3n) is 7.15. The summed E-state index contributed by atoms with van der Waals surface area (Å²) >= 11 is 3.49. The zero-order valence-electron chi connectivity index (χ0n) is 24.8. The van der Waals surface area contributed by atoms with Crippen LogP contribution in [0.2, 0.25) is 0 Å². The van der Waals surface area contributed by atoms with Gasteiger partial charge in [-0.3, -0.25) is 4.79 Å². The monoisotopic (exact) mass is 677 g/mol. The van der Waals surface area contributed by atoms with Gasteiger partial charge in [0.05, 0.1) is 29.3 Å². The number of ether oxygens (including phenoxy) is 2. The van der Waals surface area contributed by atoms with Crippen LogP contribution in [-0.2, 0) is 13.0 Å². The second-order valence-corrected chi connectivity index (χ2v) is 11.2. The highest BCUT2D eigenvalue weighted by Gasteiger charge is 2.18. The van der Waals surface area contributed by atoms with E-state index in [-0.39, 0.29) is 23.6 Å². The van der Waals surface area contributed by atoms with Crippen molar-refractivity contribution in [3.63, 3.8) is 0 Å². The Balaban J connectivity index is 1.42. The van der Waals surface area contributed by atoms with Crippen LogP contribution in [0.3, 0.4) is 0 Å². The van der Waals surface area contributed by atoms with Gasteiger partial charge in [0.25, 0.3) is 5.56 Å². The van der Waals surface area contributed by atoms with Crippen LogP contribution in [0.1, 0.15) is 34.0 Å². The van der Waals surface area contributed by atoms with Crippen molar-refractivity contribution in [1.29, 1.82) is 0 Å². The van der Waals surface area contributed by atoms with Crippen molar-refractivity contribution in [1.82, 2.24) is 9.66 Å². The molecule has 0 amide bonds. The Labute approximate surface area is 272 Å². The molecule has 6 rings (SSSR count). The molecule has 0 saturated carbocycles. The van der Waals surface area contributed by atoms with Gasteiger partial charge in [-0.25, -0.2) is 9.78 Å². The number of aromatic carboxylic acids is 1. The Morgan fingerprint density at radius 3 is 2.72 bits per heavy atom. The largest absolute Gasteiger partial charge is 0.490 e. The van der Waals surface area contributed by atoms with Crippen LogP contribution in [0.4, 0.5) is 0 Å². The first kappa shape index (κ1) is 30.5. The highest BCUT2D eigenvalue weighted by Crippen LogP contribution is 2.35. The second kappa shape index (κ2) is 13.3. The minimum Gasteiger partial charge on any atom is -0.490 e. The number of carboxylic acids is 1. The maximum Gasteiger partial charge on any atom is 0.335 e. The molecule has 9 nitrogen and oxygen atoms in total. The van der Waals surface area contributed by atoms with Gasteiger partial charge in [0, 0.05) is 15.4 Å². The lowest BCUT2D eigenvalue weighted by Crippen LogP contribution is -2.20. The fourth-order valence-corrected chi connectivity index (χ4v) is 5.46. The fraction of sp³-hybridized carbons (Fsp3) is 0.111. The molecule has 10 heteroatoms. The third-order valence-corrected chi connectivity index (χ3v) is 7.64. The molecule has 0 atom stereocenters. The maximum atomic E-state index is 13.8. The average molecular weight is 679 g/mol. The van der Waals surface area contributed by atoms with Crippen molar-refractivity contribution in [3.05, 3.63) is 135 Å². The van der Waals surface area contributed by atoms with Crippen LogP contribution in [-0.4, -0.2) is 33.6 Å². The quantitative estimate of drug-likeness (QED) is 0.110. The van der Waals surface area contributed by atoms with E-state index in [4.69, 9.17) is 18.9 Å². The van der Waals surface area contributed by atoms with Crippen molar-refractivity contribution in [3.8, 4) is 23.1 Å². The van der Waals surface area contributed by atoms with Crippen molar-refractivity contribution >= 4 is 50.0 Å². The molecule has 0 aliphatic heterocycles. The summed E-state index contributed by atoms with van der Waals surface area (Å²) in [6.07, 6.45) is 3.78. The lowest BCUT2D eigenvalue weighted by Gasteiger charge is -2.17. The van der Waals surface area contributed by atoms with E-state index in [2.05, 4.69) is 27.6 Å². The molecule has 2 heterocycles. The van der Waals surface area contributed by atoms with E-state index in [1.807, 2.05) is 43.3 Å². The minimum absolute atomic E-state index is 0.133. The molecular formula is C36H28BrN3O6. The molecule has 2 aromatic heterocycles. The normalized spacial score (nSPS) is 11.3. The number of allylic oxidation sites excluding steroid dienone is 1. The number of rotatable bonds is 11. The summed E-state index contributed by atoms with van der Waals surface area (Å²) in [5.41, 5.74) is 3.14. The lowest BCUT2D eigenvalue weighted by molar-refractivity contribution is 0.0696. The number of nitrogens with zero attached hydrogens (tertiary/aromatic N) is 3. The standard InChI is InChI=1S/C36H28BrN3O6/c1-3-8-24-16-23(17-31(44-4-2)33(24)45-21-22-9-7-10-25(15-22)36(42)43)20-38-40-34(39-29-12-6-5-11-28(29)35(40)41)32-19-26-18-27(37)13-14-30(26)46-32/h3,5-7,9-20H,1,4,8,21H2,2H3,(H,42,43). The van der Waals surface area contributed by atoms with Gasteiger partial charge >= 0.3 is 5.97 Å². The van der Waals surface area contributed by atoms with Gasteiger partial charge in [0.15, 0.2) is 17.3 Å². The molecule has 0 saturated heterocycles. The number of furan rings is 1. The number of halogens is 1. The van der Waals surface area contributed by atoms with E-state index in [1.165, 1.54) is 10.7 Å². The van der Waals surface area contributed by atoms with Crippen LogP contribution in [0.25, 0.3) is 33.5 Å². The molecule has 0 aliphatic rings. The van der Waals surface area contributed by atoms with Crippen LogP contribution in [0.15, 0.2) is 116 Å². The molecule has 0 spiro atoms. The van der Waals surface area contributed by atoms with Gasteiger partial charge in [-0.1, -0.05) is 46.3 Å². The topological polar surface area (TPSA) is 116 Å². The van der Waals surface area contributed by atoms with Crippen LogP contribution >= 0.6 is 15.9 Å². The van der Waals surface area contributed by atoms with Gasteiger partial charge in [-0.05, 0) is 85.1 Å². The van der Waals surface area contributed by atoms with E-state index >= 15 is 0 Å².